The van der Waals surface area contributed by atoms with Crippen LogP contribution >= 0.6 is 11.3 Å². The van der Waals surface area contributed by atoms with Crippen molar-refractivity contribution in [3.8, 4) is 5.75 Å². The van der Waals surface area contributed by atoms with Gasteiger partial charge in [0.15, 0.2) is 0 Å². The number of benzene rings is 1. The Balaban J connectivity index is 1.71. The van der Waals surface area contributed by atoms with E-state index in [-0.39, 0.29) is 0 Å². The van der Waals surface area contributed by atoms with Gasteiger partial charge in [-0.05, 0) is 25.1 Å². The summed E-state index contributed by atoms with van der Waals surface area (Å²) < 4.78 is 5.64. The van der Waals surface area contributed by atoms with E-state index in [1.807, 2.05) is 30.3 Å². The van der Waals surface area contributed by atoms with Crippen LogP contribution in [-0.2, 0) is 13.0 Å². The minimum absolute atomic E-state index is 0.640. The van der Waals surface area contributed by atoms with Gasteiger partial charge < -0.3 is 10.1 Å². The van der Waals surface area contributed by atoms with E-state index in [4.69, 9.17) is 4.74 Å². The van der Waals surface area contributed by atoms with E-state index >= 15 is 0 Å². The average molecular weight is 277 g/mol. The quantitative estimate of drug-likeness (QED) is 0.754. The lowest BCUT2D eigenvalue weighted by Crippen LogP contribution is -2.13. The molecular formula is C14H19N3OS. The summed E-state index contributed by atoms with van der Waals surface area (Å²) in [5.41, 5.74) is 0. The smallest absolute Gasteiger partial charge is 0.131 e. The van der Waals surface area contributed by atoms with Crippen LogP contribution in [0.15, 0.2) is 30.3 Å². The highest BCUT2D eigenvalue weighted by Gasteiger charge is 2.04. The van der Waals surface area contributed by atoms with Gasteiger partial charge in [0.1, 0.15) is 15.8 Å². The Hall–Kier alpha value is -1.46. The Morgan fingerprint density at radius 1 is 1.16 bits per heavy atom. The molecule has 4 nitrogen and oxygen atoms in total. The molecule has 0 spiro atoms. The van der Waals surface area contributed by atoms with Crippen LogP contribution in [0.4, 0.5) is 0 Å². The van der Waals surface area contributed by atoms with E-state index < -0.39 is 0 Å². The predicted octanol–water partition coefficient (Wildman–Crippen LogP) is 2.66. The van der Waals surface area contributed by atoms with Gasteiger partial charge in [0, 0.05) is 13.0 Å². The summed E-state index contributed by atoms with van der Waals surface area (Å²) in [6.07, 6.45) is 1.94. The summed E-state index contributed by atoms with van der Waals surface area (Å²) in [6.45, 7) is 4.62. The van der Waals surface area contributed by atoms with Crippen molar-refractivity contribution in [1.29, 1.82) is 0 Å². The molecule has 0 saturated heterocycles. The van der Waals surface area contributed by atoms with Gasteiger partial charge in [-0.15, -0.1) is 21.5 Å². The highest BCUT2D eigenvalue weighted by atomic mass is 32.1. The highest BCUT2D eigenvalue weighted by molar-refractivity contribution is 7.11. The molecule has 5 heteroatoms. The zero-order valence-electron chi connectivity index (χ0n) is 11.1. The van der Waals surface area contributed by atoms with Gasteiger partial charge >= 0.3 is 0 Å². The van der Waals surface area contributed by atoms with Crippen molar-refractivity contribution in [2.75, 3.05) is 13.2 Å². The minimum Gasteiger partial charge on any atom is -0.493 e. The maximum absolute atomic E-state index is 5.64. The van der Waals surface area contributed by atoms with Crippen molar-refractivity contribution in [3.63, 3.8) is 0 Å². The molecule has 1 N–H and O–H groups in total. The Morgan fingerprint density at radius 3 is 2.74 bits per heavy atom. The predicted molar refractivity (Wildman–Crippen MR) is 77.5 cm³/mol. The molecule has 0 amide bonds. The van der Waals surface area contributed by atoms with Crippen LogP contribution in [-0.4, -0.2) is 23.3 Å². The third kappa shape index (κ3) is 4.96. The number of hydrogen-bond donors (Lipinski definition) is 1. The van der Waals surface area contributed by atoms with E-state index in [0.29, 0.717) is 6.61 Å². The molecule has 0 radical (unpaired) electrons. The van der Waals surface area contributed by atoms with E-state index in [9.17, 15) is 0 Å². The second-order valence-corrected chi connectivity index (χ2v) is 5.32. The van der Waals surface area contributed by atoms with E-state index in [1.165, 1.54) is 0 Å². The minimum atomic E-state index is 0.640. The number of aromatic nitrogens is 2. The van der Waals surface area contributed by atoms with Crippen LogP contribution in [0.2, 0.25) is 0 Å². The first-order valence-corrected chi connectivity index (χ1v) is 7.40. The normalized spacial score (nSPS) is 10.6. The largest absolute Gasteiger partial charge is 0.493 e. The molecule has 0 aliphatic carbocycles. The van der Waals surface area contributed by atoms with Gasteiger partial charge in [-0.1, -0.05) is 25.1 Å². The number of nitrogens with one attached hydrogen (secondary N) is 1. The standard InChI is InChI=1S/C14H19N3OS/c1-2-9-15-11-14-17-16-13(19-14)8-10-18-12-6-4-3-5-7-12/h3-7,15H,2,8-11H2,1H3. The number of hydrogen-bond acceptors (Lipinski definition) is 5. The summed E-state index contributed by atoms with van der Waals surface area (Å²) in [6, 6.07) is 9.84. The third-order valence-corrected chi connectivity index (χ3v) is 3.52. The van der Waals surface area contributed by atoms with Gasteiger partial charge in [0.2, 0.25) is 0 Å². The molecule has 0 fully saturated rings. The summed E-state index contributed by atoms with van der Waals surface area (Å²) in [4.78, 5) is 0. The second-order valence-electron chi connectivity index (χ2n) is 4.18. The average Bonchev–Trinajstić information content (AvgIpc) is 2.88. The summed E-state index contributed by atoms with van der Waals surface area (Å²) >= 11 is 1.65. The third-order valence-electron chi connectivity index (χ3n) is 2.54. The van der Waals surface area contributed by atoms with E-state index in [1.54, 1.807) is 11.3 Å². The molecule has 1 aromatic heterocycles. The van der Waals surface area contributed by atoms with Crippen molar-refractivity contribution in [1.82, 2.24) is 15.5 Å². The van der Waals surface area contributed by atoms with Gasteiger partial charge in [0.25, 0.3) is 0 Å². The molecular weight excluding hydrogens is 258 g/mol. The van der Waals surface area contributed by atoms with Crippen LogP contribution in [0.3, 0.4) is 0 Å². The lowest BCUT2D eigenvalue weighted by atomic mass is 10.3. The van der Waals surface area contributed by atoms with Crippen LogP contribution in [0.25, 0.3) is 0 Å². The number of rotatable bonds is 8. The molecule has 0 atom stereocenters. The molecule has 102 valence electrons. The zero-order chi connectivity index (χ0) is 13.3. The molecule has 19 heavy (non-hydrogen) atoms. The monoisotopic (exact) mass is 277 g/mol. The lowest BCUT2D eigenvalue weighted by Gasteiger charge is -2.03. The molecule has 1 aromatic carbocycles. The van der Waals surface area contributed by atoms with Crippen LogP contribution in [0.1, 0.15) is 23.4 Å². The highest BCUT2D eigenvalue weighted by Crippen LogP contribution is 2.12. The topological polar surface area (TPSA) is 47.0 Å². The van der Waals surface area contributed by atoms with Crippen LogP contribution in [0, 0.1) is 0 Å². The lowest BCUT2D eigenvalue weighted by molar-refractivity contribution is 0.321. The van der Waals surface area contributed by atoms with Gasteiger partial charge in [-0.3, -0.25) is 0 Å². The fraction of sp³-hybridized carbons (Fsp3) is 0.429. The maximum atomic E-state index is 5.64. The number of nitrogens with zero attached hydrogens (tertiary/aromatic N) is 2. The SMILES string of the molecule is CCCNCc1nnc(CCOc2ccccc2)s1. The fourth-order valence-corrected chi connectivity index (χ4v) is 2.40. The molecule has 0 bridgehead atoms. The first-order valence-electron chi connectivity index (χ1n) is 6.58. The van der Waals surface area contributed by atoms with Crippen LogP contribution in [0.5, 0.6) is 5.75 Å². The molecule has 0 saturated carbocycles. The molecule has 2 aromatic rings. The molecule has 0 aliphatic heterocycles. The Bertz CT molecular complexity index is 473. The van der Waals surface area contributed by atoms with Crippen molar-refractivity contribution >= 4 is 11.3 Å². The van der Waals surface area contributed by atoms with Crippen molar-refractivity contribution in [2.24, 2.45) is 0 Å². The Labute approximate surface area is 117 Å². The number of para-hydroxylation sites is 1. The van der Waals surface area contributed by atoms with Crippen molar-refractivity contribution in [2.45, 2.75) is 26.3 Å². The van der Waals surface area contributed by atoms with Gasteiger partial charge in [-0.25, -0.2) is 0 Å². The molecule has 0 aliphatic rings. The van der Waals surface area contributed by atoms with Gasteiger partial charge in [0.05, 0.1) is 6.61 Å². The molecule has 2 rings (SSSR count). The van der Waals surface area contributed by atoms with Crippen LogP contribution < -0.4 is 10.1 Å². The summed E-state index contributed by atoms with van der Waals surface area (Å²) in [5, 5.41) is 13.7. The van der Waals surface area contributed by atoms with Crippen molar-refractivity contribution in [3.05, 3.63) is 40.3 Å². The second kappa shape index (κ2) is 7.86. The zero-order valence-corrected chi connectivity index (χ0v) is 11.9. The van der Waals surface area contributed by atoms with Crippen molar-refractivity contribution < 1.29 is 4.74 Å². The fourth-order valence-electron chi connectivity index (χ4n) is 1.61. The van der Waals surface area contributed by atoms with Gasteiger partial charge in [-0.2, -0.15) is 0 Å². The van der Waals surface area contributed by atoms with E-state index in [2.05, 4.69) is 22.4 Å². The summed E-state index contributed by atoms with van der Waals surface area (Å²) in [7, 11) is 0. The van der Waals surface area contributed by atoms with E-state index in [0.717, 1.165) is 41.7 Å². The first kappa shape index (κ1) is 14.0. The Morgan fingerprint density at radius 2 is 1.95 bits per heavy atom. The molecule has 1 heterocycles. The first-order chi connectivity index (χ1) is 9.38. The molecule has 0 unspecified atom stereocenters. The summed E-state index contributed by atoms with van der Waals surface area (Å²) in [5.74, 6) is 0.900. The maximum Gasteiger partial charge on any atom is 0.131 e. The Kier molecular flexibility index (Phi) is 5.78. The number of ether oxygens (including phenoxy) is 1.